The number of hydrogen-bond acceptors (Lipinski definition) is 6. The topological polar surface area (TPSA) is 126 Å². The summed E-state index contributed by atoms with van der Waals surface area (Å²) in [4.78, 5) is 35.5. The van der Waals surface area contributed by atoms with E-state index in [0.29, 0.717) is 0 Å². The maximum atomic E-state index is 12.3. The van der Waals surface area contributed by atoms with Gasteiger partial charge < -0.3 is 24.7 Å². The van der Waals surface area contributed by atoms with Gasteiger partial charge in [0.05, 0.1) is 0 Å². The van der Waals surface area contributed by atoms with Crippen LogP contribution in [-0.4, -0.2) is 28.1 Å². The largest absolute Gasteiger partial charge is 0.506 e. The SMILES string of the molecule is Cc1ccc(COc2cccc3oc(=O)c(C(=O)NC(C)C(=O)O)c(O)c23)cc1. The summed E-state index contributed by atoms with van der Waals surface area (Å²) in [6, 6.07) is 11.0. The second-order valence-electron chi connectivity index (χ2n) is 6.55. The third kappa shape index (κ3) is 4.21. The first kappa shape index (κ1) is 19.9. The first-order valence-electron chi connectivity index (χ1n) is 8.78. The summed E-state index contributed by atoms with van der Waals surface area (Å²) < 4.78 is 10.9. The molecule has 0 saturated heterocycles. The number of aryl methyl sites for hydroxylation is 1. The summed E-state index contributed by atoms with van der Waals surface area (Å²) in [5.41, 5.74) is 0.261. The predicted octanol–water partition coefficient (Wildman–Crippen LogP) is 2.59. The fourth-order valence-corrected chi connectivity index (χ4v) is 2.70. The van der Waals surface area contributed by atoms with Gasteiger partial charge in [-0.25, -0.2) is 4.79 Å². The molecule has 1 amide bonds. The number of carboxylic acid groups (broad SMARTS) is 1. The van der Waals surface area contributed by atoms with Crippen LogP contribution in [0.4, 0.5) is 0 Å². The molecule has 29 heavy (non-hydrogen) atoms. The molecule has 0 saturated carbocycles. The first-order chi connectivity index (χ1) is 13.8. The molecule has 0 spiro atoms. The quantitative estimate of drug-likeness (QED) is 0.546. The molecule has 0 bridgehead atoms. The van der Waals surface area contributed by atoms with Crippen LogP contribution in [0.5, 0.6) is 11.5 Å². The lowest BCUT2D eigenvalue weighted by Gasteiger charge is -2.13. The Balaban J connectivity index is 1.99. The molecule has 8 heteroatoms. The van der Waals surface area contributed by atoms with Crippen molar-refractivity contribution >= 4 is 22.8 Å². The number of aliphatic carboxylic acids is 1. The van der Waals surface area contributed by atoms with Gasteiger partial charge in [-0.3, -0.25) is 9.59 Å². The number of benzene rings is 2. The van der Waals surface area contributed by atoms with Gasteiger partial charge in [0, 0.05) is 0 Å². The number of nitrogens with one attached hydrogen (secondary N) is 1. The van der Waals surface area contributed by atoms with E-state index in [0.717, 1.165) is 11.1 Å². The lowest BCUT2D eigenvalue weighted by molar-refractivity contribution is -0.138. The average molecular weight is 397 g/mol. The molecule has 1 heterocycles. The van der Waals surface area contributed by atoms with Crippen LogP contribution >= 0.6 is 0 Å². The van der Waals surface area contributed by atoms with Crippen LogP contribution in [0.15, 0.2) is 51.7 Å². The number of amides is 1. The van der Waals surface area contributed by atoms with E-state index in [1.807, 2.05) is 31.2 Å². The molecular weight excluding hydrogens is 378 g/mol. The fraction of sp³-hybridized carbons (Fsp3) is 0.190. The molecule has 0 aliphatic rings. The van der Waals surface area contributed by atoms with Crippen LogP contribution in [0.25, 0.3) is 11.0 Å². The van der Waals surface area contributed by atoms with E-state index in [4.69, 9.17) is 14.3 Å². The second kappa shape index (κ2) is 8.05. The maximum absolute atomic E-state index is 12.3. The first-order valence-corrected chi connectivity index (χ1v) is 8.78. The minimum atomic E-state index is -1.29. The highest BCUT2D eigenvalue weighted by Crippen LogP contribution is 2.34. The predicted molar refractivity (Wildman–Crippen MR) is 104 cm³/mol. The number of rotatable bonds is 6. The summed E-state index contributed by atoms with van der Waals surface area (Å²) >= 11 is 0. The van der Waals surface area contributed by atoms with Gasteiger partial charge in [0.25, 0.3) is 5.91 Å². The highest BCUT2D eigenvalue weighted by molar-refractivity contribution is 6.04. The number of ether oxygens (including phenoxy) is 1. The van der Waals surface area contributed by atoms with Crippen molar-refractivity contribution in [3.63, 3.8) is 0 Å². The molecule has 3 aromatic rings. The summed E-state index contributed by atoms with van der Waals surface area (Å²) in [6.07, 6.45) is 0. The van der Waals surface area contributed by atoms with Gasteiger partial charge in [-0.15, -0.1) is 0 Å². The van der Waals surface area contributed by atoms with Crippen molar-refractivity contribution in [2.24, 2.45) is 0 Å². The maximum Gasteiger partial charge on any atom is 0.353 e. The Morgan fingerprint density at radius 2 is 1.86 bits per heavy atom. The third-order valence-electron chi connectivity index (χ3n) is 4.33. The molecule has 1 aromatic heterocycles. The molecule has 3 rings (SSSR count). The van der Waals surface area contributed by atoms with Gasteiger partial charge in [-0.05, 0) is 31.5 Å². The number of carbonyl (C=O) groups is 2. The van der Waals surface area contributed by atoms with Crippen LogP contribution in [0.1, 0.15) is 28.4 Å². The van der Waals surface area contributed by atoms with Crippen LogP contribution in [0.3, 0.4) is 0 Å². The Morgan fingerprint density at radius 3 is 2.52 bits per heavy atom. The molecule has 8 nitrogen and oxygen atoms in total. The van der Waals surface area contributed by atoms with Crippen molar-refractivity contribution in [1.82, 2.24) is 5.32 Å². The molecule has 2 aromatic carbocycles. The summed E-state index contributed by atoms with van der Waals surface area (Å²) in [7, 11) is 0. The van der Waals surface area contributed by atoms with Gasteiger partial charge in [0.1, 0.15) is 29.4 Å². The van der Waals surface area contributed by atoms with E-state index >= 15 is 0 Å². The van der Waals surface area contributed by atoms with Gasteiger partial charge in [-0.2, -0.15) is 0 Å². The molecule has 1 unspecified atom stereocenters. The van der Waals surface area contributed by atoms with E-state index < -0.39 is 34.9 Å². The number of carbonyl (C=O) groups excluding carboxylic acids is 1. The van der Waals surface area contributed by atoms with Crippen LogP contribution < -0.4 is 15.7 Å². The minimum absolute atomic E-state index is 0.0386. The summed E-state index contributed by atoms with van der Waals surface area (Å²) in [6.45, 7) is 3.39. The van der Waals surface area contributed by atoms with Crippen molar-refractivity contribution in [2.45, 2.75) is 26.5 Å². The van der Waals surface area contributed by atoms with Gasteiger partial charge in [0.2, 0.25) is 0 Å². The van der Waals surface area contributed by atoms with Gasteiger partial charge >= 0.3 is 11.6 Å². The highest BCUT2D eigenvalue weighted by atomic mass is 16.5. The lowest BCUT2D eigenvalue weighted by Crippen LogP contribution is -2.40. The van der Waals surface area contributed by atoms with Crippen molar-refractivity contribution in [3.8, 4) is 11.5 Å². The summed E-state index contributed by atoms with van der Waals surface area (Å²) in [5.74, 6) is -2.76. The van der Waals surface area contributed by atoms with E-state index in [1.54, 1.807) is 12.1 Å². The molecule has 0 radical (unpaired) electrons. The van der Waals surface area contributed by atoms with Crippen LogP contribution in [0.2, 0.25) is 0 Å². The normalized spacial score (nSPS) is 11.8. The molecule has 0 aliphatic heterocycles. The van der Waals surface area contributed by atoms with Crippen LogP contribution in [-0.2, 0) is 11.4 Å². The monoisotopic (exact) mass is 397 g/mol. The Morgan fingerprint density at radius 1 is 1.17 bits per heavy atom. The Labute approximate surface area is 165 Å². The van der Waals surface area contributed by atoms with Gasteiger partial charge in [-0.1, -0.05) is 35.9 Å². The Bertz CT molecular complexity index is 1130. The van der Waals surface area contributed by atoms with Crippen molar-refractivity contribution in [1.29, 1.82) is 0 Å². The van der Waals surface area contributed by atoms with E-state index in [-0.39, 0.29) is 23.3 Å². The third-order valence-corrected chi connectivity index (χ3v) is 4.33. The van der Waals surface area contributed by atoms with E-state index in [2.05, 4.69) is 5.32 Å². The van der Waals surface area contributed by atoms with E-state index in [1.165, 1.54) is 13.0 Å². The van der Waals surface area contributed by atoms with Gasteiger partial charge in [0.15, 0.2) is 11.3 Å². The number of hydrogen-bond donors (Lipinski definition) is 3. The fourth-order valence-electron chi connectivity index (χ4n) is 2.70. The number of fused-ring (bicyclic) bond motifs is 1. The number of carboxylic acids is 1. The van der Waals surface area contributed by atoms with Crippen molar-refractivity contribution < 1.29 is 29.0 Å². The second-order valence-corrected chi connectivity index (χ2v) is 6.55. The molecule has 150 valence electrons. The minimum Gasteiger partial charge on any atom is -0.506 e. The Hall–Kier alpha value is -3.81. The molecule has 0 fully saturated rings. The molecule has 3 N–H and O–H groups in total. The van der Waals surface area contributed by atoms with Crippen LogP contribution in [0, 0.1) is 6.92 Å². The Kier molecular flexibility index (Phi) is 5.54. The average Bonchev–Trinajstić information content (AvgIpc) is 2.67. The van der Waals surface area contributed by atoms with E-state index in [9.17, 15) is 19.5 Å². The smallest absolute Gasteiger partial charge is 0.353 e. The number of aromatic hydroxyl groups is 1. The molecule has 1 atom stereocenters. The lowest BCUT2D eigenvalue weighted by atomic mass is 10.1. The standard InChI is InChI=1S/C21H19NO7/c1-11-6-8-13(9-7-11)10-28-14-4-3-5-15-16(14)18(23)17(21(27)29-15)19(24)22-12(2)20(25)26/h3-9,12,23H,10H2,1-2H3,(H,22,24)(H,25,26). The summed E-state index contributed by atoms with van der Waals surface area (Å²) in [5, 5.41) is 21.7. The van der Waals surface area contributed by atoms with Crippen molar-refractivity contribution in [3.05, 3.63) is 69.6 Å². The molecular formula is C21H19NO7. The van der Waals surface area contributed by atoms with Crippen molar-refractivity contribution in [2.75, 3.05) is 0 Å². The zero-order chi connectivity index (χ0) is 21.1. The zero-order valence-electron chi connectivity index (χ0n) is 15.8. The highest BCUT2D eigenvalue weighted by Gasteiger charge is 2.25. The molecule has 0 aliphatic carbocycles. The zero-order valence-corrected chi connectivity index (χ0v) is 15.8.